The maximum atomic E-state index is 12.2. The fourth-order valence-corrected chi connectivity index (χ4v) is 8.08. The van der Waals surface area contributed by atoms with E-state index in [9.17, 15) is 16.8 Å². The average molecular weight is 296 g/mol. The van der Waals surface area contributed by atoms with Gasteiger partial charge in [0.1, 0.15) is 0 Å². The van der Waals surface area contributed by atoms with Crippen LogP contribution in [0.1, 0.15) is 26.2 Å². The van der Waals surface area contributed by atoms with Gasteiger partial charge in [-0.25, -0.2) is 16.8 Å². The van der Waals surface area contributed by atoms with Crippen molar-refractivity contribution >= 4 is 19.7 Å². The molecule has 0 aromatic carbocycles. The Balaban J connectivity index is 2.90. The summed E-state index contributed by atoms with van der Waals surface area (Å²) in [5, 5.41) is 0. The van der Waals surface area contributed by atoms with Crippen LogP contribution in [0, 0.1) is 0 Å². The molecule has 0 aromatic rings. The number of hydrogen-bond acceptors (Lipinski definition) is 5. The maximum Gasteiger partial charge on any atom is 0.157 e. The molecular formula is C11H20O5S2. The zero-order chi connectivity index (χ0) is 13.9. The summed E-state index contributed by atoms with van der Waals surface area (Å²) < 4.78 is 51.5. The van der Waals surface area contributed by atoms with E-state index in [0.717, 1.165) is 0 Å². The zero-order valence-corrected chi connectivity index (χ0v) is 12.2. The highest BCUT2D eigenvalue weighted by atomic mass is 32.2. The van der Waals surface area contributed by atoms with Gasteiger partial charge < -0.3 is 4.74 Å². The molecule has 0 aliphatic carbocycles. The Bertz CT molecular complexity index is 492. The van der Waals surface area contributed by atoms with Gasteiger partial charge >= 0.3 is 0 Å². The van der Waals surface area contributed by atoms with Gasteiger partial charge in [-0.3, -0.25) is 0 Å². The highest BCUT2D eigenvalue weighted by molar-refractivity contribution is 7.99. The molecule has 1 fully saturated rings. The van der Waals surface area contributed by atoms with Gasteiger partial charge in [0.25, 0.3) is 0 Å². The Labute approximate surface area is 109 Å². The Kier molecular flexibility index (Phi) is 4.83. The molecule has 18 heavy (non-hydrogen) atoms. The molecule has 1 saturated heterocycles. The summed E-state index contributed by atoms with van der Waals surface area (Å²) in [6.07, 6.45) is 2.45. The van der Waals surface area contributed by atoms with Gasteiger partial charge in [0.15, 0.2) is 19.7 Å². The number of ether oxygens (including phenoxy) is 1. The van der Waals surface area contributed by atoms with Crippen LogP contribution >= 0.6 is 0 Å². The highest BCUT2D eigenvalue weighted by Gasteiger charge is 2.48. The summed E-state index contributed by atoms with van der Waals surface area (Å²) in [7, 11) is -6.61. The lowest BCUT2D eigenvalue weighted by Crippen LogP contribution is -2.51. The molecule has 1 aliphatic heterocycles. The minimum Gasteiger partial charge on any atom is -0.502 e. The molecule has 0 spiro atoms. The van der Waals surface area contributed by atoms with E-state index in [1.807, 2.05) is 0 Å². The summed E-state index contributed by atoms with van der Waals surface area (Å²) in [6, 6.07) is 0. The maximum absolute atomic E-state index is 12.2. The van der Waals surface area contributed by atoms with Gasteiger partial charge in [0.2, 0.25) is 0 Å². The Morgan fingerprint density at radius 1 is 1.28 bits per heavy atom. The lowest BCUT2D eigenvalue weighted by molar-refractivity contribution is 0.237. The van der Waals surface area contributed by atoms with Gasteiger partial charge in [0, 0.05) is 0 Å². The molecule has 0 bridgehead atoms. The largest absolute Gasteiger partial charge is 0.502 e. The first-order valence-electron chi connectivity index (χ1n) is 5.94. The molecule has 1 atom stereocenters. The quantitative estimate of drug-likeness (QED) is 0.538. The summed E-state index contributed by atoms with van der Waals surface area (Å²) in [4.78, 5) is 0. The van der Waals surface area contributed by atoms with Crippen LogP contribution in [0.5, 0.6) is 0 Å². The second-order valence-corrected chi connectivity index (χ2v) is 9.28. The third-order valence-electron chi connectivity index (χ3n) is 3.46. The summed E-state index contributed by atoms with van der Waals surface area (Å²) >= 11 is 0. The molecule has 0 aromatic heterocycles. The smallest absolute Gasteiger partial charge is 0.157 e. The van der Waals surface area contributed by atoms with Crippen LogP contribution in [0.15, 0.2) is 12.8 Å². The van der Waals surface area contributed by atoms with Crippen molar-refractivity contribution in [3.05, 3.63) is 12.8 Å². The van der Waals surface area contributed by atoms with E-state index in [0.29, 0.717) is 25.9 Å². The van der Waals surface area contributed by atoms with Crippen LogP contribution in [0.25, 0.3) is 0 Å². The lowest BCUT2D eigenvalue weighted by Gasteiger charge is -2.35. The highest BCUT2D eigenvalue weighted by Crippen LogP contribution is 2.34. The monoisotopic (exact) mass is 296 g/mol. The fourth-order valence-electron chi connectivity index (χ4n) is 2.30. The van der Waals surface area contributed by atoms with Gasteiger partial charge in [-0.2, -0.15) is 0 Å². The normalized spacial score (nSPS) is 29.6. The van der Waals surface area contributed by atoms with Crippen molar-refractivity contribution in [3.8, 4) is 0 Å². The van der Waals surface area contributed by atoms with Crippen LogP contribution in [0.4, 0.5) is 0 Å². The number of hydrogen-bond donors (Lipinski definition) is 0. The van der Waals surface area contributed by atoms with Crippen molar-refractivity contribution in [2.75, 3.05) is 23.9 Å². The number of rotatable bonds is 6. The van der Waals surface area contributed by atoms with Gasteiger partial charge in [-0.05, 0) is 19.3 Å². The van der Waals surface area contributed by atoms with E-state index >= 15 is 0 Å². The van der Waals surface area contributed by atoms with Gasteiger partial charge in [-0.1, -0.05) is 13.5 Å². The van der Waals surface area contributed by atoms with E-state index in [2.05, 4.69) is 6.58 Å². The van der Waals surface area contributed by atoms with Crippen LogP contribution in [-0.2, 0) is 24.4 Å². The number of sulfone groups is 2. The Morgan fingerprint density at radius 2 is 1.94 bits per heavy atom. The predicted octanol–water partition coefficient (Wildman–Crippen LogP) is 0.919. The second-order valence-electron chi connectivity index (χ2n) is 4.59. The molecule has 7 heteroatoms. The summed E-state index contributed by atoms with van der Waals surface area (Å²) in [6.45, 7) is 5.49. The zero-order valence-electron chi connectivity index (χ0n) is 10.6. The third kappa shape index (κ3) is 3.26. The Morgan fingerprint density at radius 3 is 2.50 bits per heavy atom. The Hall–Kier alpha value is -0.560. The third-order valence-corrected chi connectivity index (χ3v) is 8.42. The first kappa shape index (κ1) is 15.5. The molecule has 106 valence electrons. The van der Waals surface area contributed by atoms with Crippen molar-refractivity contribution in [3.63, 3.8) is 0 Å². The van der Waals surface area contributed by atoms with Gasteiger partial charge in [-0.15, -0.1) is 0 Å². The van der Waals surface area contributed by atoms with E-state index in [4.69, 9.17) is 4.74 Å². The molecule has 1 unspecified atom stereocenters. The molecule has 5 nitrogen and oxygen atoms in total. The summed E-state index contributed by atoms with van der Waals surface area (Å²) in [5.74, 6) is -0.765. The van der Waals surface area contributed by atoms with Crippen LogP contribution in [0.2, 0.25) is 0 Å². The van der Waals surface area contributed by atoms with Crippen molar-refractivity contribution in [2.45, 2.75) is 30.9 Å². The standard InChI is InChI=1S/C11H20O5S2/c1-3-11(6-5-7-16-4-2)10-17(12,13)8-9-18(11,14)15/h4H,2-3,5-10H2,1H3. The van der Waals surface area contributed by atoms with Crippen molar-refractivity contribution in [1.82, 2.24) is 0 Å². The van der Waals surface area contributed by atoms with Crippen molar-refractivity contribution in [1.29, 1.82) is 0 Å². The van der Waals surface area contributed by atoms with E-state index in [1.165, 1.54) is 6.26 Å². The van der Waals surface area contributed by atoms with Crippen LogP contribution < -0.4 is 0 Å². The first-order valence-corrected chi connectivity index (χ1v) is 9.41. The average Bonchev–Trinajstić information content (AvgIpc) is 2.29. The first-order chi connectivity index (χ1) is 8.29. The van der Waals surface area contributed by atoms with Crippen LogP contribution in [-0.4, -0.2) is 45.4 Å². The molecular weight excluding hydrogens is 276 g/mol. The topological polar surface area (TPSA) is 77.5 Å². The minimum atomic E-state index is -3.35. The molecule has 0 N–H and O–H groups in total. The SMILES string of the molecule is C=COCCCC1(CC)CS(=O)(=O)CCS1(=O)=O. The molecule has 0 radical (unpaired) electrons. The van der Waals surface area contributed by atoms with Gasteiger partial charge in [0.05, 0.1) is 34.9 Å². The second kappa shape index (κ2) is 5.61. The van der Waals surface area contributed by atoms with E-state index in [1.54, 1.807) is 6.92 Å². The van der Waals surface area contributed by atoms with E-state index in [-0.39, 0.29) is 17.3 Å². The van der Waals surface area contributed by atoms with E-state index < -0.39 is 24.4 Å². The predicted molar refractivity (Wildman–Crippen MR) is 70.8 cm³/mol. The molecule has 0 saturated carbocycles. The van der Waals surface area contributed by atoms with Crippen molar-refractivity contribution < 1.29 is 21.6 Å². The minimum absolute atomic E-state index is 0.250. The lowest BCUT2D eigenvalue weighted by atomic mass is 10.0. The fraction of sp³-hybridized carbons (Fsp3) is 0.818. The van der Waals surface area contributed by atoms with Crippen molar-refractivity contribution in [2.24, 2.45) is 0 Å². The molecule has 1 rings (SSSR count). The molecule has 1 heterocycles. The summed E-state index contributed by atoms with van der Waals surface area (Å²) in [5.41, 5.74) is 0. The molecule has 1 aliphatic rings. The van der Waals surface area contributed by atoms with Crippen LogP contribution in [0.3, 0.4) is 0 Å². The molecule has 0 amide bonds.